The van der Waals surface area contributed by atoms with E-state index in [2.05, 4.69) is 12.2 Å². The molecule has 2 rings (SSSR count). The Bertz CT molecular complexity index is 533. The van der Waals surface area contributed by atoms with Crippen molar-refractivity contribution in [3.05, 3.63) is 23.8 Å². The summed E-state index contributed by atoms with van der Waals surface area (Å²) >= 11 is 0. The molecule has 0 aliphatic heterocycles. The van der Waals surface area contributed by atoms with Crippen LogP contribution in [0, 0.1) is 5.92 Å². The van der Waals surface area contributed by atoms with Crippen LogP contribution in [0.3, 0.4) is 0 Å². The lowest BCUT2D eigenvalue weighted by molar-refractivity contribution is 0.189. The summed E-state index contributed by atoms with van der Waals surface area (Å²) in [5, 5.41) is 3.17. The summed E-state index contributed by atoms with van der Waals surface area (Å²) in [6.45, 7) is 2.70. The van der Waals surface area contributed by atoms with Gasteiger partial charge in [-0.1, -0.05) is 31.9 Å². The normalized spacial score (nSPS) is 20.7. The number of para-hydroxylation sites is 1. The van der Waals surface area contributed by atoms with Gasteiger partial charge >= 0.3 is 6.03 Å². The zero-order chi connectivity index (χ0) is 16.8. The summed E-state index contributed by atoms with van der Waals surface area (Å²) in [6, 6.07) is 5.96. The Labute approximate surface area is 139 Å². The minimum absolute atomic E-state index is 0.0337. The molecular weight excluding hydrogens is 292 g/mol. The number of amides is 2. The van der Waals surface area contributed by atoms with Gasteiger partial charge in [-0.3, -0.25) is 0 Å². The molecule has 1 aliphatic carbocycles. The molecule has 0 spiro atoms. The molecular formula is C18H28N2O3. The van der Waals surface area contributed by atoms with E-state index in [1.807, 2.05) is 25.2 Å². The molecule has 23 heavy (non-hydrogen) atoms. The number of hydrogen-bond donors (Lipinski definition) is 1. The Balaban J connectivity index is 2.01. The molecule has 1 saturated carbocycles. The first-order chi connectivity index (χ1) is 11.1. The maximum atomic E-state index is 12.5. The molecule has 0 radical (unpaired) electrons. The number of nitrogens with zero attached hydrogens (tertiary/aromatic N) is 1. The van der Waals surface area contributed by atoms with Crippen molar-refractivity contribution in [3.8, 4) is 11.5 Å². The lowest BCUT2D eigenvalue weighted by Gasteiger charge is -2.31. The fourth-order valence-electron chi connectivity index (χ4n) is 3.21. The van der Waals surface area contributed by atoms with Crippen LogP contribution in [0.1, 0.15) is 38.2 Å². The van der Waals surface area contributed by atoms with E-state index in [0.29, 0.717) is 24.0 Å². The highest BCUT2D eigenvalue weighted by atomic mass is 16.5. The van der Waals surface area contributed by atoms with E-state index >= 15 is 0 Å². The Morgan fingerprint density at radius 3 is 2.65 bits per heavy atom. The number of carbonyl (C=O) groups is 1. The molecule has 0 bridgehead atoms. The minimum Gasteiger partial charge on any atom is -0.493 e. The quantitative estimate of drug-likeness (QED) is 0.904. The van der Waals surface area contributed by atoms with Gasteiger partial charge in [0.1, 0.15) is 0 Å². The van der Waals surface area contributed by atoms with E-state index in [0.717, 1.165) is 12.0 Å². The minimum atomic E-state index is -0.0337. The van der Waals surface area contributed by atoms with Crippen molar-refractivity contribution in [2.75, 3.05) is 21.3 Å². The van der Waals surface area contributed by atoms with Crippen molar-refractivity contribution in [2.24, 2.45) is 5.92 Å². The van der Waals surface area contributed by atoms with Crippen LogP contribution in [0.4, 0.5) is 4.79 Å². The number of rotatable bonds is 5. The Kier molecular flexibility index (Phi) is 6.13. The summed E-state index contributed by atoms with van der Waals surface area (Å²) < 4.78 is 10.7. The van der Waals surface area contributed by atoms with Gasteiger partial charge in [0, 0.05) is 18.7 Å². The monoisotopic (exact) mass is 320 g/mol. The predicted molar refractivity (Wildman–Crippen MR) is 91.0 cm³/mol. The standard InChI is InChI=1S/C18H28N2O3/c1-13-8-5-6-10-15(13)19-18(21)20(2)12-14-9-7-11-16(22-3)17(14)23-4/h7,9,11,13,15H,5-6,8,10,12H2,1-4H3,(H,19,21)/t13-,15+/m1/s1. The van der Waals surface area contributed by atoms with Crippen molar-refractivity contribution >= 4 is 6.03 Å². The van der Waals surface area contributed by atoms with Crippen molar-refractivity contribution in [1.29, 1.82) is 0 Å². The van der Waals surface area contributed by atoms with Crippen LogP contribution in [0.5, 0.6) is 11.5 Å². The number of urea groups is 1. The molecule has 2 atom stereocenters. The summed E-state index contributed by atoms with van der Waals surface area (Å²) in [5.74, 6) is 1.91. The highest BCUT2D eigenvalue weighted by Crippen LogP contribution is 2.31. The highest BCUT2D eigenvalue weighted by Gasteiger charge is 2.24. The number of nitrogens with one attached hydrogen (secondary N) is 1. The van der Waals surface area contributed by atoms with Crippen LogP contribution in [-0.4, -0.2) is 38.2 Å². The molecule has 5 nitrogen and oxygen atoms in total. The largest absolute Gasteiger partial charge is 0.493 e. The third-order valence-electron chi connectivity index (χ3n) is 4.66. The molecule has 0 saturated heterocycles. The topological polar surface area (TPSA) is 50.8 Å². The van der Waals surface area contributed by atoms with Crippen LogP contribution in [0.25, 0.3) is 0 Å². The summed E-state index contributed by atoms with van der Waals surface area (Å²) in [5.41, 5.74) is 0.932. The van der Waals surface area contributed by atoms with Gasteiger partial charge in [0.2, 0.25) is 0 Å². The highest BCUT2D eigenvalue weighted by molar-refractivity contribution is 5.74. The second kappa shape index (κ2) is 8.09. The van der Waals surface area contributed by atoms with E-state index < -0.39 is 0 Å². The molecule has 1 aliphatic rings. The number of benzene rings is 1. The molecule has 1 N–H and O–H groups in total. The van der Waals surface area contributed by atoms with E-state index in [-0.39, 0.29) is 12.1 Å². The van der Waals surface area contributed by atoms with Gasteiger partial charge in [0.05, 0.1) is 20.8 Å². The van der Waals surface area contributed by atoms with Gasteiger partial charge in [0.25, 0.3) is 0 Å². The summed E-state index contributed by atoms with van der Waals surface area (Å²) in [6.07, 6.45) is 4.73. The Morgan fingerprint density at radius 2 is 2.00 bits per heavy atom. The predicted octanol–water partition coefficient (Wildman–Crippen LogP) is 3.42. The maximum Gasteiger partial charge on any atom is 0.317 e. The second-order valence-corrected chi connectivity index (χ2v) is 6.33. The van der Waals surface area contributed by atoms with Crippen LogP contribution < -0.4 is 14.8 Å². The first kappa shape index (κ1) is 17.4. The third-order valence-corrected chi connectivity index (χ3v) is 4.66. The van der Waals surface area contributed by atoms with Gasteiger partial charge in [-0.2, -0.15) is 0 Å². The molecule has 1 fully saturated rings. The van der Waals surface area contributed by atoms with Crippen molar-refractivity contribution < 1.29 is 14.3 Å². The summed E-state index contributed by atoms with van der Waals surface area (Å²) in [4.78, 5) is 14.2. The second-order valence-electron chi connectivity index (χ2n) is 6.33. The zero-order valence-corrected chi connectivity index (χ0v) is 14.6. The first-order valence-corrected chi connectivity index (χ1v) is 8.28. The van der Waals surface area contributed by atoms with Crippen LogP contribution in [-0.2, 0) is 6.54 Å². The van der Waals surface area contributed by atoms with Crippen LogP contribution in [0.2, 0.25) is 0 Å². The molecule has 0 unspecified atom stereocenters. The van der Waals surface area contributed by atoms with E-state index in [4.69, 9.17) is 9.47 Å². The first-order valence-electron chi connectivity index (χ1n) is 8.28. The molecule has 5 heteroatoms. The SMILES string of the molecule is COc1cccc(CN(C)C(=O)N[C@H]2CCCC[C@H]2C)c1OC. The number of ether oxygens (including phenoxy) is 2. The lowest BCUT2D eigenvalue weighted by atomic mass is 9.86. The van der Waals surface area contributed by atoms with Crippen LogP contribution >= 0.6 is 0 Å². The smallest absolute Gasteiger partial charge is 0.317 e. The van der Waals surface area contributed by atoms with Crippen LogP contribution in [0.15, 0.2) is 18.2 Å². The average Bonchev–Trinajstić information content (AvgIpc) is 2.56. The molecule has 1 aromatic rings. The van der Waals surface area contributed by atoms with E-state index in [9.17, 15) is 4.79 Å². The fourth-order valence-corrected chi connectivity index (χ4v) is 3.21. The lowest BCUT2D eigenvalue weighted by Crippen LogP contribution is -2.46. The average molecular weight is 320 g/mol. The molecule has 128 valence electrons. The van der Waals surface area contributed by atoms with E-state index in [1.165, 1.54) is 19.3 Å². The fraction of sp³-hybridized carbons (Fsp3) is 0.611. The number of hydrogen-bond acceptors (Lipinski definition) is 3. The Hall–Kier alpha value is -1.91. The van der Waals surface area contributed by atoms with Gasteiger partial charge in [0.15, 0.2) is 11.5 Å². The number of carbonyl (C=O) groups excluding carboxylic acids is 1. The van der Waals surface area contributed by atoms with Crippen molar-refractivity contribution in [3.63, 3.8) is 0 Å². The zero-order valence-electron chi connectivity index (χ0n) is 14.6. The molecule has 2 amide bonds. The molecule has 0 heterocycles. The van der Waals surface area contributed by atoms with E-state index in [1.54, 1.807) is 19.1 Å². The van der Waals surface area contributed by atoms with Gasteiger partial charge in [-0.25, -0.2) is 4.79 Å². The van der Waals surface area contributed by atoms with Gasteiger partial charge < -0.3 is 19.7 Å². The Morgan fingerprint density at radius 1 is 1.26 bits per heavy atom. The van der Waals surface area contributed by atoms with Crippen molar-refractivity contribution in [1.82, 2.24) is 10.2 Å². The summed E-state index contributed by atoms with van der Waals surface area (Å²) in [7, 11) is 5.04. The molecule has 0 aromatic heterocycles. The van der Waals surface area contributed by atoms with Crippen molar-refractivity contribution in [2.45, 2.75) is 45.2 Å². The maximum absolute atomic E-state index is 12.5. The van der Waals surface area contributed by atoms with Gasteiger partial charge in [-0.15, -0.1) is 0 Å². The molecule has 1 aromatic carbocycles. The number of methoxy groups -OCH3 is 2. The van der Waals surface area contributed by atoms with Gasteiger partial charge in [-0.05, 0) is 24.8 Å². The third kappa shape index (κ3) is 4.30.